The zero-order valence-electron chi connectivity index (χ0n) is 14.8. The van der Waals surface area contributed by atoms with Gasteiger partial charge in [-0.15, -0.1) is 0 Å². The number of nitrogens with zero attached hydrogens (tertiary/aromatic N) is 2. The minimum Gasteiger partial charge on any atom is -0.334 e. The molecule has 0 aliphatic rings. The number of benzene rings is 2. The van der Waals surface area contributed by atoms with E-state index in [2.05, 4.69) is 48.2 Å². The lowest BCUT2D eigenvalue weighted by Gasteiger charge is -2.12. The monoisotopic (exact) mass is 412 g/mol. The predicted octanol–water partition coefficient (Wildman–Crippen LogP) is 4.63. The number of hydrogen-bond donors (Lipinski definition) is 2. The number of carbonyl (C=O) groups excluding carboxylic acids is 1. The molecule has 26 heavy (non-hydrogen) atoms. The normalized spacial score (nSPS) is 10.6. The zero-order chi connectivity index (χ0) is 18.5. The predicted molar refractivity (Wildman–Crippen MR) is 107 cm³/mol. The molecule has 3 aromatic rings. The Balaban J connectivity index is 1.59. The number of nitrogens with one attached hydrogen (secondary N) is 2. The van der Waals surface area contributed by atoms with Gasteiger partial charge in [0.1, 0.15) is 5.82 Å². The van der Waals surface area contributed by atoms with Crippen LogP contribution in [0, 0.1) is 13.8 Å². The second kappa shape index (κ2) is 8.19. The van der Waals surface area contributed by atoms with Crippen molar-refractivity contribution in [3.05, 3.63) is 81.8 Å². The van der Waals surface area contributed by atoms with Crippen LogP contribution in [0.5, 0.6) is 0 Å². The van der Waals surface area contributed by atoms with E-state index in [4.69, 9.17) is 0 Å². The number of carbonyl (C=O) groups is 1. The van der Waals surface area contributed by atoms with Crippen LogP contribution in [-0.2, 0) is 13.1 Å². The van der Waals surface area contributed by atoms with Gasteiger partial charge in [-0.25, -0.2) is 9.78 Å². The Morgan fingerprint density at radius 3 is 2.69 bits per heavy atom. The quantitative estimate of drug-likeness (QED) is 0.641. The molecule has 0 aliphatic carbocycles. The van der Waals surface area contributed by atoms with Crippen molar-refractivity contribution in [1.82, 2.24) is 14.9 Å². The minimum absolute atomic E-state index is 0.220. The molecule has 1 heterocycles. The number of hydrogen-bond acceptors (Lipinski definition) is 2. The number of aryl methyl sites for hydroxylation is 1. The van der Waals surface area contributed by atoms with E-state index in [1.807, 2.05) is 50.4 Å². The second-order valence-electron chi connectivity index (χ2n) is 6.14. The van der Waals surface area contributed by atoms with E-state index in [1.54, 1.807) is 6.20 Å². The van der Waals surface area contributed by atoms with Gasteiger partial charge < -0.3 is 15.2 Å². The number of halogens is 1. The van der Waals surface area contributed by atoms with Crippen molar-refractivity contribution in [1.29, 1.82) is 0 Å². The summed E-state index contributed by atoms with van der Waals surface area (Å²) in [5.74, 6) is 0.984. The average molecular weight is 413 g/mol. The summed E-state index contributed by atoms with van der Waals surface area (Å²) in [7, 11) is 0. The standard InChI is InChI=1S/C20H21BrN4O/c1-14-18(21)7-4-8-19(14)24-20(26)23-12-16-5-3-6-17(11-16)13-25-10-9-22-15(25)2/h3-11H,12-13H2,1-2H3,(H2,23,24,26). The Morgan fingerprint density at radius 2 is 1.92 bits per heavy atom. The number of urea groups is 1. The van der Waals surface area contributed by atoms with Gasteiger partial charge in [0.2, 0.25) is 0 Å². The van der Waals surface area contributed by atoms with Crippen molar-refractivity contribution in [3.8, 4) is 0 Å². The smallest absolute Gasteiger partial charge is 0.319 e. The molecule has 6 heteroatoms. The average Bonchev–Trinajstić information content (AvgIpc) is 3.02. The summed E-state index contributed by atoms with van der Waals surface area (Å²) in [4.78, 5) is 16.4. The highest BCUT2D eigenvalue weighted by molar-refractivity contribution is 9.10. The molecule has 2 amide bonds. The number of anilines is 1. The first-order chi connectivity index (χ1) is 12.5. The Bertz CT molecular complexity index is 920. The van der Waals surface area contributed by atoms with E-state index < -0.39 is 0 Å². The highest BCUT2D eigenvalue weighted by atomic mass is 79.9. The molecule has 0 aliphatic heterocycles. The van der Waals surface area contributed by atoms with Gasteiger partial charge in [0.05, 0.1) is 0 Å². The molecule has 0 unspecified atom stereocenters. The van der Waals surface area contributed by atoms with Gasteiger partial charge >= 0.3 is 6.03 Å². The van der Waals surface area contributed by atoms with Gasteiger partial charge in [-0.1, -0.05) is 46.3 Å². The SMILES string of the molecule is Cc1c(Br)cccc1NC(=O)NCc1cccc(Cn2ccnc2C)c1. The Hall–Kier alpha value is -2.60. The van der Waals surface area contributed by atoms with E-state index in [0.29, 0.717) is 6.54 Å². The maximum absolute atomic E-state index is 12.2. The molecule has 0 spiro atoms. The van der Waals surface area contributed by atoms with Crippen molar-refractivity contribution < 1.29 is 4.79 Å². The number of rotatable bonds is 5. The highest BCUT2D eigenvalue weighted by Gasteiger charge is 2.06. The van der Waals surface area contributed by atoms with Crippen molar-refractivity contribution >= 4 is 27.6 Å². The van der Waals surface area contributed by atoms with Crippen LogP contribution in [0.4, 0.5) is 10.5 Å². The van der Waals surface area contributed by atoms with Crippen molar-refractivity contribution in [2.75, 3.05) is 5.32 Å². The van der Waals surface area contributed by atoms with Gasteiger partial charge in [-0.2, -0.15) is 0 Å². The molecule has 0 saturated carbocycles. The van der Waals surface area contributed by atoms with E-state index in [9.17, 15) is 4.79 Å². The molecular formula is C20H21BrN4O. The maximum Gasteiger partial charge on any atom is 0.319 e. The number of aromatic nitrogens is 2. The minimum atomic E-state index is -0.220. The molecule has 0 radical (unpaired) electrons. The van der Waals surface area contributed by atoms with Gasteiger partial charge in [-0.3, -0.25) is 0 Å². The van der Waals surface area contributed by atoms with Crippen LogP contribution in [0.3, 0.4) is 0 Å². The molecule has 134 valence electrons. The zero-order valence-corrected chi connectivity index (χ0v) is 16.4. The summed E-state index contributed by atoms with van der Waals surface area (Å²) in [5.41, 5.74) is 4.02. The first-order valence-electron chi connectivity index (χ1n) is 8.38. The second-order valence-corrected chi connectivity index (χ2v) is 7.00. The van der Waals surface area contributed by atoms with Crippen molar-refractivity contribution in [2.45, 2.75) is 26.9 Å². The van der Waals surface area contributed by atoms with Crippen LogP contribution in [0.2, 0.25) is 0 Å². The fourth-order valence-corrected chi connectivity index (χ4v) is 3.06. The first-order valence-corrected chi connectivity index (χ1v) is 9.18. The van der Waals surface area contributed by atoms with Crippen LogP contribution >= 0.6 is 15.9 Å². The summed E-state index contributed by atoms with van der Waals surface area (Å²) >= 11 is 3.47. The molecule has 5 nitrogen and oxygen atoms in total. The molecule has 0 saturated heterocycles. The third-order valence-electron chi connectivity index (χ3n) is 4.24. The molecule has 2 aromatic carbocycles. The lowest BCUT2D eigenvalue weighted by Crippen LogP contribution is -2.28. The Labute approximate surface area is 161 Å². The van der Waals surface area contributed by atoms with Crippen molar-refractivity contribution in [3.63, 3.8) is 0 Å². The molecule has 1 aromatic heterocycles. The summed E-state index contributed by atoms with van der Waals surface area (Å²) in [5, 5.41) is 5.79. The Kier molecular flexibility index (Phi) is 5.73. The van der Waals surface area contributed by atoms with Gasteiger partial charge in [-0.05, 0) is 42.7 Å². The van der Waals surface area contributed by atoms with Crippen LogP contribution in [0.25, 0.3) is 0 Å². The van der Waals surface area contributed by atoms with Crippen LogP contribution in [0.1, 0.15) is 22.5 Å². The topological polar surface area (TPSA) is 59.0 Å². The van der Waals surface area contributed by atoms with Gasteiger partial charge in [0, 0.05) is 35.6 Å². The summed E-state index contributed by atoms with van der Waals surface area (Å²) in [6.45, 7) is 5.18. The van der Waals surface area contributed by atoms with Gasteiger partial charge in [0.25, 0.3) is 0 Å². The summed E-state index contributed by atoms with van der Waals surface area (Å²) < 4.78 is 3.06. The molecule has 0 fully saturated rings. The molecule has 0 bridgehead atoms. The maximum atomic E-state index is 12.2. The molecular weight excluding hydrogens is 392 g/mol. The molecule has 2 N–H and O–H groups in total. The van der Waals surface area contributed by atoms with E-state index in [-0.39, 0.29) is 6.03 Å². The van der Waals surface area contributed by atoms with E-state index in [1.165, 1.54) is 5.56 Å². The molecule has 3 rings (SSSR count). The Morgan fingerprint density at radius 1 is 1.15 bits per heavy atom. The fraction of sp³-hybridized carbons (Fsp3) is 0.200. The van der Waals surface area contributed by atoms with Crippen LogP contribution < -0.4 is 10.6 Å². The fourth-order valence-electron chi connectivity index (χ4n) is 2.70. The number of amides is 2. The largest absolute Gasteiger partial charge is 0.334 e. The molecule has 0 atom stereocenters. The summed E-state index contributed by atoms with van der Waals surface area (Å²) in [6, 6.07) is 13.7. The highest BCUT2D eigenvalue weighted by Crippen LogP contribution is 2.23. The van der Waals surface area contributed by atoms with E-state index >= 15 is 0 Å². The summed E-state index contributed by atoms with van der Waals surface area (Å²) in [6.07, 6.45) is 3.77. The van der Waals surface area contributed by atoms with Crippen LogP contribution in [0.15, 0.2) is 59.3 Å². The lowest BCUT2D eigenvalue weighted by molar-refractivity contribution is 0.251. The van der Waals surface area contributed by atoms with Crippen LogP contribution in [-0.4, -0.2) is 15.6 Å². The third kappa shape index (κ3) is 4.52. The van der Waals surface area contributed by atoms with Gasteiger partial charge in [0.15, 0.2) is 0 Å². The van der Waals surface area contributed by atoms with Crippen molar-refractivity contribution in [2.24, 2.45) is 0 Å². The third-order valence-corrected chi connectivity index (χ3v) is 5.10. The first kappa shape index (κ1) is 18.2. The number of imidazole rings is 1. The lowest BCUT2D eigenvalue weighted by atomic mass is 10.1. The van der Waals surface area contributed by atoms with E-state index in [0.717, 1.165) is 33.7 Å².